The minimum atomic E-state index is -1.38. The molecule has 2 nitrogen and oxygen atoms in total. The zero-order valence-corrected chi connectivity index (χ0v) is 16.4. The number of hydrogen-bond acceptors (Lipinski definition) is 2. The van der Waals surface area contributed by atoms with Gasteiger partial charge in [0, 0.05) is 6.08 Å². The first-order valence-corrected chi connectivity index (χ1v) is 15.3. The Morgan fingerprint density at radius 2 is 1.50 bits per heavy atom. The van der Waals surface area contributed by atoms with Crippen molar-refractivity contribution in [1.29, 1.82) is 0 Å². The Morgan fingerprint density at radius 1 is 1.00 bits per heavy atom. The molecule has 106 valence electrons. The largest absolute Gasteiger partial charge is 0.463 e. The summed E-state index contributed by atoms with van der Waals surface area (Å²) in [7, 11) is 0. The molecule has 0 fully saturated rings. The third kappa shape index (κ3) is 14.9. The highest BCUT2D eigenvalue weighted by Gasteiger charge is 2.20. The minimum absolute atomic E-state index is 0.318. The third-order valence-corrected chi connectivity index (χ3v) is 7.00. The first-order valence-electron chi connectivity index (χ1n) is 6.31. The highest BCUT2D eigenvalue weighted by Crippen LogP contribution is 2.33. The van der Waals surface area contributed by atoms with Crippen LogP contribution in [0.25, 0.3) is 0 Å². The predicted molar refractivity (Wildman–Crippen MR) is 90.8 cm³/mol. The summed E-state index contributed by atoms with van der Waals surface area (Å²) in [6, 6.07) is 1.21. The summed E-state index contributed by atoms with van der Waals surface area (Å²) in [5, 5.41) is 0. The van der Waals surface area contributed by atoms with Gasteiger partial charge in [0.15, 0.2) is 0 Å². The van der Waals surface area contributed by atoms with E-state index in [1.54, 1.807) is 0 Å². The Kier molecular flexibility index (Phi) is 12.2. The number of unbranched alkanes of at least 4 members (excludes halogenated alkanes) is 6. The van der Waals surface area contributed by atoms with Crippen LogP contribution in [0.4, 0.5) is 0 Å². The fourth-order valence-corrected chi connectivity index (χ4v) is 4.72. The number of ether oxygens (including phenoxy) is 1. The van der Waals surface area contributed by atoms with Crippen LogP contribution in [-0.2, 0) is 9.53 Å². The Balaban J connectivity index is 3.12. The van der Waals surface area contributed by atoms with Gasteiger partial charge in [-0.25, -0.2) is 4.79 Å². The van der Waals surface area contributed by atoms with Crippen molar-refractivity contribution in [2.45, 2.75) is 51.0 Å². The van der Waals surface area contributed by atoms with Crippen LogP contribution >= 0.6 is 45.9 Å². The Hall–Kier alpha value is 0.867. The zero-order chi connectivity index (χ0) is 13.9. The van der Waals surface area contributed by atoms with E-state index in [1.807, 2.05) is 0 Å². The lowest BCUT2D eigenvalue weighted by Gasteiger charge is -2.08. The quantitative estimate of drug-likeness (QED) is 0.131. The van der Waals surface area contributed by atoms with Crippen molar-refractivity contribution >= 4 is 55.8 Å². The predicted octanol–water partition coefficient (Wildman–Crippen LogP) is 5.57. The molecule has 0 bridgehead atoms. The van der Waals surface area contributed by atoms with Crippen molar-refractivity contribution < 1.29 is 9.53 Å². The van der Waals surface area contributed by atoms with E-state index in [1.165, 1.54) is 44.2 Å². The molecule has 6 heteroatoms. The highest BCUT2D eigenvalue weighted by molar-refractivity contribution is 9.72. The van der Waals surface area contributed by atoms with Gasteiger partial charge in [0.25, 0.3) is 3.93 Å². The van der Waals surface area contributed by atoms with Crippen LogP contribution < -0.4 is 0 Å². The van der Waals surface area contributed by atoms with Gasteiger partial charge in [-0.3, -0.25) is 0 Å². The van der Waals surface area contributed by atoms with Gasteiger partial charge in [-0.15, -0.1) is 0 Å². The molecule has 0 aliphatic carbocycles. The maximum absolute atomic E-state index is 10.8. The topological polar surface area (TPSA) is 26.3 Å². The molecule has 0 aliphatic heterocycles. The molecular weight excluding hydrogens is 444 g/mol. The Bertz CT molecular complexity index is 242. The van der Waals surface area contributed by atoms with Crippen LogP contribution in [-0.4, -0.2) is 16.5 Å². The van der Waals surface area contributed by atoms with Crippen molar-refractivity contribution in [2.75, 3.05) is 6.61 Å². The second-order valence-corrected chi connectivity index (χ2v) is 27.7. The van der Waals surface area contributed by atoms with Gasteiger partial charge in [-0.1, -0.05) is 91.0 Å². The van der Waals surface area contributed by atoms with Crippen LogP contribution in [0.3, 0.4) is 0 Å². The molecular formula is C12H21Br3O2Si. The van der Waals surface area contributed by atoms with E-state index in [9.17, 15) is 4.79 Å². The standard InChI is InChI=1S/C12H21Br3O2Si/c1-2-12(16)17-10-8-6-4-3-5-7-9-11-18(13,14)15/h2H,1,3-11H2. The molecule has 0 saturated carbocycles. The molecule has 0 rings (SSSR count). The van der Waals surface area contributed by atoms with Gasteiger partial charge < -0.3 is 4.74 Å². The molecule has 0 saturated heterocycles. The van der Waals surface area contributed by atoms with E-state index in [-0.39, 0.29) is 5.97 Å². The lowest BCUT2D eigenvalue weighted by Crippen LogP contribution is -2.04. The van der Waals surface area contributed by atoms with E-state index < -0.39 is 3.93 Å². The Morgan fingerprint density at radius 3 is 2.00 bits per heavy atom. The number of rotatable bonds is 11. The van der Waals surface area contributed by atoms with Crippen molar-refractivity contribution in [1.82, 2.24) is 0 Å². The SMILES string of the molecule is C=CC(=O)OCCCCCCCCC[Si](Br)(Br)Br. The van der Waals surface area contributed by atoms with E-state index in [2.05, 4.69) is 52.5 Å². The highest BCUT2D eigenvalue weighted by atomic mass is 80.0. The summed E-state index contributed by atoms with van der Waals surface area (Å²) in [6.07, 6.45) is 9.67. The second-order valence-electron chi connectivity index (χ2n) is 4.21. The molecule has 0 amide bonds. The number of esters is 1. The van der Waals surface area contributed by atoms with Crippen LogP contribution in [0.1, 0.15) is 44.9 Å². The molecule has 0 atom stereocenters. The smallest absolute Gasteiger partial charge is 0.330 e. The molecule has 0 aromatic carbocycles. The monoisotopic (exact) mass is 462 g/mol. The summed E-state index contributed by atoms with van der Waals surface area (Å²) >= 11 is 10.9. The lowest BCUT2D eigenvalue weighted by atomic mass is 10.1. The van der Waals surface area contributed by atoms with Crippen molar-refractivity contribution in [3.05, 3.63) is 12.7 Å². The fraction of sp³-hybridized carbons (Fsp3) is 0.750. The van der Waals surface area contributed by atoms with Crippen LogP contribution in [0, 0.1) is 0 Å². The van der Waals surface area contributed by atoms with Crippen LogP contribution in [0.15, 0.2) is 12.7 Å². The number of carbonyl (C=O) groups is 1. The molecule has 18 heavy (non-hydrogen) atoms. The molecule has 0 aromatic rings. The number of halogens is 3. The molecule has 0 heterocycles. The van der Waals surface area contributed by atoms with Crippen molar-refractivity contribution in [3.8, 4) is 0 Å². The van der Waals surface area contributed by atoms with Gasteiger partial charge in [0.2, 0.25) is 0 Å². The van der Waals surface area contributed by atoms with Crippen LogP contribution in [0.2, 0.25) is 6.04 Å². The second kappa shape index (κ2) is 11.7. The molecule has 0 N–H and O–H groups in total. The average molecular weight is 465 g/mol. The van der Waals surface area contributed by atoms with E-state index in [0.717, 1.165) is 12.8 Å². The summed E-state index contributed by atoms with van der Waals surface area (Å²) in [5.41, 5.74) is 0. The van der Waals surface area contributed by atoms with Gasteiger partial charge in [-0.05, 0) is 12.5 Å². The molecule has 0 unspecified atom stereocenters. The van der Waals surface area contributed by atoms with E-state index in [4.69, 9.17) is 4.74 Å². The summed E-state index contributed by atoms with van der Waals surface area (Å²) < 4.78 is 3.53. The normalized spacial score (nSPS) is 11.3. The maximum atomic E-state index is 10.8. The molecule has 0 aliphatic rings. The summed E-state index contributed by atoms with van der Waals surface area (Å²) in [5.74, 6) is -0.318. The molecule has 0 aromatic heterocycles. The van der Waals surface area contributed by atoms with E-state index in [0.29, 0.717) is 6.61 Å². The van der Waals surface area contributed by atoms with Crippen molar-refractivity contribution in [3.63, 3.8) is 0 Å². The lowest BCUT2D eigenvalue weighted by molar-refractivity contribution is -0.137. The average Bonchev–Trinajstić information content (AvgIpc) is 2.29. The van der Waals surface area contributed by atoms with Crippen molar-refractivity contribution in [2.24, 2.45) is 0 Å². The minimum Gasteiger partial charge on any atom is -0.463 e. The molecule has 0 spiro atoms. The van der Waals surface area contributed by atoms with Crippen LogP contribution in [0.5, 0.6) is 0 Å². The maximum Gasteiger partial charge on any atom is 0.330 e. The fourth-order valence-electron chi connectivity index (χ4n) is 1.54. The number of carbonyl (C=O) groups excluding carboxylic acids is 1. The van der Waals surface area contributed by atoms with Gasteiger partial charge in [0.05, 0.1) is 6.61 Å². The summed E-state index contributed by atoms with van der Waals surface area (Å²) in [6.45, 7) is 3.88. The first-order chi connectivity index (χ1) is 8.45. The van der Waals surface area contributed by atoms with Gasteiger partial charge in [-0.2, -0.15) is 0 Å². The van der Waals surface area contributed by atoms with E-state index >= 15 is 0 Å². The van der Waals surface area contributed by atoms with Gasteiger partial charge in [0.1, 0.15) is 0 Å². The van der Waals surface area contributed by atoms with Gasteiger partial charge >= 0.3 is 5.97 Å². The first kappa shape index (κ1) is 18.9. The number of hydrogen-bond donors (Lipinski definition) is 0. The molecule has 0 radical (unpaired) electrons. The zero-order valence-electron chi connectivity index (χ0n) is 10.6. The third-order valence-electron chi connectivity index (χ3n) is 2.52. The summed E-state index contributed by atoms with van der Waals surface area (Å²) in [4.78, 5) is 10.8. The Labute approximate surface area is 135 Å².